The lowest BCUT2D eigenvalue weighted by molar-refractivity contribution is 0.362. The molecule has 0 aromatic heterocycles. The van der Waals surface area contributed by atoms with Crippen molar-refractivity contribution in [3.63, 3.8) is 0 Å². The van der Waals surface area contributed by atoms with Gasteiger partial charge in [-0.2, -0.15) is 0 Å². The van der Waals surface area contributed by atoms with Gasteiger partial charge in [0, 0.05) is 25.2 Å². The summed E-state index contributed by atoms with van der Waals surface area (Å²) in [6.07, 6.45) is 6.72. The van der Waals surface area contributed by atoms with E-state index >= 15 is 0 Å². The molecule has 3 heteroatoms. The zero-order valence-electron chi connectivity index (χ0n) is 11.0. The van der Waals surface area contributed by atoms with Crippen LogP contribution >= 0.6 is 11.6 Å². The van der Waals surface area contributed by atoms with Gasteiger partial charge >= 0.3 is 0 Å². The molecule has 0 saturated heterocycles. The maximum absolute atomic E-state index is 13.2. The Morgan fingerprint density at radius 1 is 1.28 bits per heavy atom. The molecule has 0 unspecified atom stereocenters. The molecule has 1 aliphatic carbocycles. The lowest BCUT2D eigenvalue weighted by Crippen LogP contribution is -2.27. The van der Waals surface area contributed by atoms with Gasteiger partial charge in [0.2, 0.25) is 0 Å². The summed E-state index contributed by atoms with van der Waals surface area (Å²) in [4.78, 5) is 2.23. The number of nitrogens with zero attached hydrogens (tertiary/aromatic N) is 1. The molecule has 0 atom stereocenters. The molecule has 0 bridgehead atoms. The van der Waals surface area contributed by atoms with Gasteiger partial charge in [-0.1, -0.05) is 19.3 Å². The second-order valence-electron chi connectivity index (χ2n) is 5.29. The third kappa shape index (κ3) is 3.38. The molecule has 100 valence electrons. The lowest BCUT2D eigenvalue weighted by atomic mass is 9.89. The van der Waals surface area contributed by atoms with Crippen molar-refractivity contribution < 1.29 is 4.39 Å². The third-order valence-electron chi connectivity index (χ3n) is 3.85. The molecular weight excluding hydrogens is 249 g/mol. The fourth-order valence-electron chi connectivity index (χ4n) is 2.89. The van der Waals surface area contributed by atoms with E-state index < -0.39 is 0 Å². The van der Waals surface area contributed by atoms with Crippen LogP contribution < -0.4 is 4.90 Å². The van der Waals surface area contributed by atoms with Crippen LogP contribution in [-0.4, -0.2) is 13.6 Å². The molecule has 0 amide bonds. The molecule has 1 saturated carbocycles. The van der Waals surface area contributed by atoms with Gasteiger partial charge in [-0.25, -0.2) is 4.39 Å². The fraction of sp³-hybridized carbons (Fsp3) is 0.600. The fourth-order valence-corrected chi connectivity index (χ4v) is 3.10. The van der Waals surface area contributed by atoms with Crippen LogP contribution in [0.15, 0.2) is 18.2 Å². The Bertz CT molecular complexity index is 388. The zero-order chi connectivity index (χ0) is 13.0. The van der Waals surface area contributed by atoms with Crippen molar-refractivity contribution in [2.45, 2.75) is 38.0 Å². The molecule has 18 heavy (non-hydrogen) atoms. The Kier molecular flexibility index (Phi) is 4.87. The number of hydrogen-bond acceptors (Lipinski definition) is 1. The van der Waals surface area contributed by atoms with Crippen molar-refractivity contribution in [1.82, 2.24) is 0 Å². The molecule has 0 spiro atoms. The normalized spacial score (nSPS) is 16.8. The first-order chi connectivity index (χ1) is 8.70. The number of hydrogen-bond donors (Lipinski definition) is 0. The third-order valence-corrected chi connectivity index (χ3v) is 4.14. The van der Waals surface area contributed by atoms with E-state index in [0.717, 1.165) is 23.7 Å². The number of alkyl halides is 1. The molecule has 0 radical (unpaired) electrons. The Hall–Kier alpha value is -0.760. The highest BCUT2D eigenvalue weighted by atomic mass is 35.5. The number of benzene rings is 1. The Labute approximate surface area is 114 Å². The van der Waals surface area contributed by atoms with Gasteiger partial charge in [0.15, 0.2) is 0 Å². The van der Waals surface area contributed by atoms with Gasteiger partial charge in [0.05, 0.1) is 0 Å². The lowest BCUT2D eigenvalue weighted by Gasteiger charge is -2.29. The number of anilines is 1. The van der Waals surface area contributed by atoms with E-state index in [1.54, 1.807) is 6.07 Å². The molecule has 0 aliphatic heterocycles. The van der Waals surface area contributed by atoms with Crippen molar-refractivity contribution in [1.29, 1.82) is 0 Å². The average Bonchev–Trinajstić information content (AvgIpc) is 2.39. The average molecular weight is 270 g/mol. The quantitative estimate of drug-likeness (QED) is 0.723. The minimum atomic E-state index is -0.208. The highest BCUT2D eigenvalue weighted by Crippen LogP contribution is 2.28. The first kappa shape index (κ1) is 13.7. The molecular formula is C15H21ClFN. The van der Waals surface area contributed by atoms with Crippen molar-refractivity contribution in [3.8, 4) is 0 Å². The summed E-state index contributed by atoms with van der Waals surface area (Å²) < 4.78 is 13.2. The van der Waals surface area contributed by atoms with Crippen LogP contribution in [0.3, 0.4) is 0 Å². The van der Waals surface area contributed by atoms with Crippen LogP contribution in [0.5, 0.6) is 0 Å². The van der Waals surface area contributed by atoms with Crippen LogP contribution in [-0.2, 0) is 5.88 Å². The summed E-state index contributed by atoms with van der Waals surface area (Å²) in [6.45, 7) is 1.05. The molecule has 0 heterocycles. The predicted molar refractivity (Wildman–Crippen MR) is 75.8 cm³/mol. The smallest absolute Gasteiger partial charge is 0.123 e. The largest absolute Gasteiger partial charge is 0.374 e. The predicted octanol–water partition coefficient (Wildman–Crippen LogP) is 4.58. The second kappa shape index (κ2) is 6.42. The van der Waals surface area contributed by atoms with E-state index in [2.05, 4.69) is 11.9 Å². The van der Waals surface area contributed by atoms with Crippen LogP contribution in [0, 0.1) is 11.7 Å². The molecule has 1 aromatic rings. The SMILES string of the molecule is CN(CC1CCCCC1)c1ccc(F)cc1CCl. The topological polar surface area (TPSA) is 3.24 Å². The van der Waals surface area contributed by atoms with Crippen molar-refractivity contribution in [3.05, 3.63) is 29.6 Å². The van der Waals surface area contributed by atoms with Gasteiger partial charge in [0.1, 0.15) is 5.82 Å². The minimum absolute atomic E-state index is 0.208. The van der Waals surface area contributed by atoms with Crippen LogP contribution in [0.4, 0.5) is 10.1 Å². The summed E-state index contributed by atoms with van der Waals surface area (Å²) in [5.41, 5.74) is 1.95. The molecule has 1 aromatic carbocycles. The Morgan fingerprint density at radius 2 is 2.00 bits per heavy atom. The monoisotopic (exact) mass is 269 g/mol. The summed E-state index contributed by atoms with van der Waals surface area (Å²) in [6, 6.07) is 4.90. The van der Waals surface area contributed by atoms with Gasteiger partial charge in [-0.15, -0.1) is 11.6 Å². The van der Waals surface area contributed by atoms with Gasteiger partial charge in [0.25, 0.3) is 0 Å². The molecule has 0 N–H and O–H groups in total. The van der Waals surface area contributed by atoms with Crippen LogP contribution in [0.1, 0.15) is 37.7 Å². The summed E-state index contributed by atoms with van der Waals surface area (Å²) in [5, 5.41) is 0. The Balaban J connectivity index is 2.05. The van der Waals surface area contributed by atoms with Gasteiger partial charge < -0.3 is 4.90 Å². The maximum atomic E-state index is 13.2. The first-order valence-electron chi connectivity index (χ1n) is 6.76. The van der Waals surface area contributed by atoms with E-state index in [9.17, 15) is 4.39 Å². The maximum Gasteiger partial charge on any atom is 0.123 e. The van der Waals surface area contributed by atoms with Crippen molar-refractivity contribution >= 4 is 17.3 Å². The number of rotatable bonds is 4. The van der Waals surface area contributed by atoms with E-state index in [1.165, 1.54) is 38.2 Å². The standard InChI is InChI=1S/C15H21ClFN/c1-18(11-12-5-3-2-4-6-12)15-8-7-14(17)9-13(15)10-16/h7-9,12H,2-6,10-11H2,1H3. The highest BCUT2D eigenvalue weighted by molar-refractivity contribution is 6.17. The van der Waals surface area contributed by atoms with E-state index in [-0.39, 0.29) is 5.82 Å². The molecule has 1 aliphatic rings. The van der Waals surface area contributed by atoms with Crippen LogP contribution in [0.2, 0.25) is 0 Å². The van der Waals surface area contributed by atoms with Crippen molar-refractivity contribution in [2.24, 2.45) is 5.92 Å². The van der Waals surface area contributed by atoms with Crippen molar-refractivity contribution in [2.75, 3.05) is 18.5 Å². The second-order valence-corrected chi connectivity index (χ2v) is 5.56. The molecule has 1 nitrogen and oxygen atoms in total. The van der Waals surface area contributed by atoms with E-state index in [4.69, 9.17) is 11.6 Å². The zero-order valence-corrected chi connectivity index (χ0v) is 11.7. The first-order valence-corrected chi connectivity index (χ1v) is 7.29. The Morgan fingerprint density at radius 3 is 2.67 bits per heavy atom. The van der Waals surface area contributed by atoms with Crippen LogP contribution in [0.25, 0.3) is 0 Å². The van der Waals surface area contributed by atoms with E-state index in [0.29, 0.717) is 5.88 Å². The number of halogens is 2. The summed E-state index contributed by atoms with van der Waals surface area (Å²) in [5.74, 6) is 0.930. The minimum Gasteiger partial charge on any atom is -0.374 e. The highest BCUT2D eigenvalue weighted by Gasteiger charge is 2.17. The van der Waals surface area contributed by atoms with Gasteiger partial charge in [-0.3, -0.25) is 0 Å². The van der Waals surface area contributed by atoms with E-state index in [1.807, 2.05) is 6.07 Å². The molecule has 2 rings (SSSR count). The van der Waals surface area contributed by atoms with Gasteiger partial charge in [-0.05, 0) is 42.5 Å². The summed E-state index contributed by atoms with van der Waals surface area (Å²) >= 11 is 5.90. The molecule has 1 fully saturated rings. The summed E-state index contributed by atoms with van der Waals surface area (Å²) in [7, 11) is 2.08.